The van der Waals surface area contributed by atoms with Gasteiger partial charge in [0.25, 0.3) is 5.91 Å². The van der Waals surface area contributed by atoms with Crippen molar-refractivity contribution in [1.29, 1.82) is 0 Å². The van der Waals surface area contributed by atoms with Gasteiger partial charge in [-0.15, -0.1) is 0 Å². The molecule has 0 N–H and O–H groups in total. The molecule has 1 fully saturated rings. The topological polar surface area (TPSA) is 29.5 Å². The molecule has 0 unspecified atom stereocenters. The Morgan fingerprint density at radius 2 is 2.08 bits per heavy atom. The van der Waals surface area contributed by atoms with Gasteiger partial charge in [0, 0.05) is 20.2 Å². The Hall–Kier alpha value is -0.570. The lowest BCUT2D eigenvalue weighted by molar-refractivity contribution is -0.157. The SMILES string of the molecule is CCC1CN(C(=O)C(C)(C)OC)C1. The van der Waals surface area contributed by atoms with E-state index in [0.717, 1.165) is 19.5 Å². The highest BCUT2D eigenvalue weighted by Crippen LogP contribution is 2.23. The second-order valence-corrected chi connectivity index (χ2v) is 4.20. The first-order valence-corrected chi connectivity index (χ1v) is 4.85. The van der Waals surface area contributed by atoms with E-state index in [0.29, 0.717) is 5.92 Å². The monoisotopic (exact) mass is 185 g/mol. The van der Waals surface area contributed by atoms with Crippen molar-refractivity contribution in [2.45, 2.75) is 32.8 Å². The van der Waals surface area contributed by atoms with E-state index < -0.39 is 5.60 Å². The Kier molecular flexibility index (Phi) is 2.96. The molecule has 1 saturated heterocycles. The van der Waals surface area contributed by atoms with Crippen LogP contribution in [-0.2, 0) is 9.53 Å². The number of methoxy groups -OCH3 is 1. The molecule has 0 aromatic rings. The fourth-order valence-corrected chi connectivity index (χ4v) is 1.46. The van der Waals surface area contributed by atoms with Crippen molar-refractivity contribution >= 4 is 5.91 Å². The number of rotatable bonds is 3. The number of ether oxygens (including phenoxy) is 1. The fourth-order valence-electron chi connectivity index (χ4n) is 1.46. The summed E-state index contributed by atoms with van der Waals surface area (Å²) in [6, 6.07) is 0. The van der Waals surface area contributed by atoms with Gasteiger partial charge in [-0.3, -0.25) is 4.79 Å². The first kappa shape index (κ1) is 10.5. The van der Waals surface area contributed by atoms with Gasteiger partial charge in [0.1, 0.15) is 5.60 Å². The van der Waals surface area contributed by atoms with Crippen LogP contribution in [0.5, 0.6) is 0 Å². The standard InChI is InChI=1S/C10H19NO2/c1-5-8-6-11(7-8)9(12)10(2,3)13-4/h8H,5-7H2,1-4H3. The molecule has 0 saturated carbocycles. The molecule has 3 nitrogen and oxygen atoms in total. The van der Waals surface area contributed by atoms with Crippen molar-refractivity contribution in [3.8, 4) is 0 Å². The molecule has 13 heavy (non-hydrogen) atoms. The minimum atomic E-state index is -0.654. The minimum Gasteiger partial charge on any atom is -0.369 e. The van der Waals surface area contributed by atoms with Gasteiger partial charge in [-0.25, -0.2) is 0 Å². The van der Waals surface area contributed by atoms with Crippen LogP contribution < -0.4 is 0 Å². The highest BCUT2D eigenvalue weighted by atomic mass is 16.5. The molecule has 0 atom stereocenters. The van der Waals surface area contributed by atoms with Gasteiger partial charge in [0.2, 0.25) is 0 Å². The Morgan fingerprint density at radius 3 is 2.46 bits per heavy atom. The summed E-state index contributed by atoms with van der Waals surface area (Å²) in [5, 5.41) is 0. The molecule has 76 valence electrons. The fraction of sp³-hybridized carbons (Fsp3) is 0.900. The zero-order chi connectivity index (χ0) is 10.1. The predicted octanol–water partition coefficient (Wildman–Crippen LogP) is 1.28. The third-order valence-corrected chi connectivity index (χ3v) is 2.85. The Morgan fingerprint density at radius 1 is 1.54 bits per heavy atom. The van der Waals surface area contributed by atoms with Crippen LogP contribution in [0.25, 0.3) is 0 Å². The van der Waals surface area contributed by atoms with Gasteiger partial charge in [0.15, 0.2) is 0 Å². The molecule has 1 aliphatic rings. The molecule has 0 spiro atoms. The molecule has 0 aromatic carbocycles. The number of hydrogen-bond acceptors (Lipinski definition) is 2. The molecule has 1 rings (SSSR count). The van der Waals surface area contributed by atoms with E-state index in [1.165, 1.54) is 0 Å². The van der Waals surface area contributed by atoms with Gasteiger partial charge < -0.3 is 9.64 Å². The lowest BCUT2D eigenvalue weighted by atomic mass is 9.94. The van der Waals surface area contributed by atoms with E-state index in [9.17, 15) is 4.79 Å². The van der Waals surface area contributed by atoms with Gasteiger partial charge in [-0.05, 0) is 26.2 Å². The van der Waals surface area contributed by atoms with Gasteiger partial charge in [-0.2, -0.15) is 0 Å². The van der Waals surface area contributed by atoms with E-state index in [1.54, 1.807) is 7.11 Å². The molecule has 0 bridgehead atoms. The predicted molar refractivity (Wildman–Crippen MR) is 51.4 cm³/mol. The Balaban J connectivity index is 2.43. The zero-order valence-corrected chi connectivity index (χ0v) is 8.96. The lowest BCUT2D eigenvalue weighted by Crippen LogP contribution is -2.56. The van der Waals surface area contributed by atoms with E-state index in [4.69, 9.17) is 4.74 Å². The summed E-state index contributed by atoms with van der Waals surface area (Å²) in [7, 11) is 1.58. The number of likely N-dealkylation sites (tertiary alicyclic amines) is 1. The first-order chi connectivity index (χ1) is 6.01. The minimum absolute atomic E-state index is 0.111. The second-order valence-electron chi connectivity index (χ2n) is 4.20. The highest BCUT2D eigenvalue weighted by molar-refractivity contribution is 5.85. The third kappa shape index (κ3) is 2.02. The maximum absolute atomic E-state index is 11.7. The molecule has 0 aliphatic carbocycles. The zero-order valence-electron chi connectivity index (χ0n) is 8.96. The quantitative estimate of drug-likeness (QED) is 0.663. The van der Waals surface area contributed by atoms with Crippen LogP contribution in [0.2, 0.25) is 0 Å². The number of carbonyl (C=O) groups excluding carboxylic acids is 1. The molecule has 1 heterocycles. The van der Waals surface area contributed by atoms with Crippen LogP contribution in [-0.4, -0.2) is 36.6 Å². The van der Waals surface area contributed by atoms with Crippen molar-refractivity contribution in [3.05, 3.63) is 0 Å². The summed E-state index contributed by atoms with van der Waals surface area (Å²) in [6.07, 6.45) is 1.16. The maximum atomic E-state index is 11.7. The average Bonchev–Trinajstić information content (AvgIpc) is 2.02. The number of nitrogens with zero attached hydrogens (tertiary/aromatic N) is 1. The van der Waals surface area contributed by atoms with E-state index in [-0.39, 0.29) is 5.91 Å². The summed E-state index contributed by atoms with van der Waals surface area (Å²) < 4.78 is 5.13. The number of amides is 1. The molecule has 1 aliphatic heterocycles. The molecule has 3 heteroatoms. The first-order valence-electron chi connectivity index (χ1n) is 4.85. The summed E-state index contributed by atoms with van der Waals surface area (Å²) in [5.74, 6) is 0.816. The van der Waals surface area contributed by atoms with Crippen LogP contribution in [0.4, 0.5) is 0 Å². The average molecular weight is 185 g/mol. The smallest absolute Gasteiger partial charge is 0.254 e. The van der Waals surface area contributed by atoms with Crippen LogP contribution in [0.1, 0.15) is 27.2 Å². The Labute approximate surface area is 80.1 Å². The second kappa shape index (κ2) is 3.66. The van der Waals surface area contributed by atoms with Crippen LogP contribution in [0.3, 0.4) is 0 Å². The number of carbonyl (C=O) groups is 1. The molecular weight excluding hydrogens is 166 g/mol. The summed E-state index contributed by atoms with van der Waals surface area (Å²) in [6.45, 7) is 7.60. The van der Waals surface area contributed by atoms with Crippen LogP contribution in [0.15, 0.2) is 0 Å². The summed E-state index contributed by atoms with van der Waals surface area (Å²) in [5.41, 5.74) is -0.654. The molecule has 0 aromatic heterocycles. The third-order valence-electron chi connectivity index (χ3n) is 2.85. The largest absolute Gasteiger partial charge is 0.369 e. The summed E-state index contributed by atoms with van der Waals surface area (Å²) >= 11 is 0. The van der Waals surface area contributed by atoms with Crippen molar-refractivity contribution < 1.29 is 9.53 Å². The normalized spacial score (nSPS) is 18.6. The molecule has 0 radical (unpaired) electrons. The van der Waals surface area contributed by atoms with E-state index in [1.807, 2.05) is 18.7 Å². The van der Waals surface area contributed by atoms with Crippen molar-refractivity contribution in [1.82, 2.24) is 4.90 Å². The molecule has 1 amide bonds. The van der Waals surface area contributed by atoms with E-state index >= 15 is 0 Å². The Bertz CT molecular complexity index is 195. The number of hydrogen-bond donors (Lipinski definition) is 0. The van der Waals surface area contributed by atoms with Crippen LogP contribution in [0, 0.1) is 5.92 Å². The lowest BCUT2D eigenvalue weighted by Gasteiger charge is -2.42. The molecular formula is C10H19NO2. The van der Waals surface area contributed by atoms with Gasteiger partial charge in [-0.1, -0.05) is 6.92 Å². The van der Waals surface area contributed by atoms with Crippen LogP contribution >= 0.6 is 0 Å². The highest BCUT2D eigenvalue weighted by Gasteiger charge is 2.37. The van der Waals surface area contributed by atoms with Gasteiger partial charge in [0.05, 0.1) is 0 Å². The maximum Gasteiger partial charge on any atom is 0.254 e. The van der Waals surface area contributed by atoms with Crippen molar-refractivity contribution in [2.75, 3.05) is 20.2 Å². The van der Waals surface area contributed by atoms with Crippen molar-refractivity contribution in [3.63, 3.8) is 0 Å². The van der Waals surface area contributed by atoms with Crippen molar-refractivity contribution in [2.24, 2.45) is 5.92 Å². The van der Waals surface area contributed by atoms with E-state index in [2.05, 4.69) is 6.92 Å². The van der Waals surface area contributed by atoms with Gasteiger partial charge >= 0.3 is 0 Å². The summed E-state index contributed by atoms with van der Waals surface area (Å²) in [4.78, 5) is 13.6.